The third kappa shape index (κ3) is 5.85. The highest BCUT2D eigenvalue weighted by Gasteiger charge is 2.67. The Labute approximate surface area is 271 Å². The molecule has 254 valence electrons. The van der Waals surface area contributed by atoms with Crippen LogP contribution in [0.25, 0.3) is 0 Å². The van der Waals surface area contributed by atoms with E-state index >= 15 is 0 Å². The zero-order chi connectivity index (χ0) is 32.4. The van der Waals surface area contributed by atoms with Gasteiger partial charge in [-0.1, -0.05) is 13.8 Å². The monoisotopic (exact) mass is 630 g/mol. The van der Waals surface area contributed by atoms with E-state index in [1.807, 2.05) is 0 Å². The fourth-order valence-corrected chi connectivity index (χ4v) is 11.8. The second kappa shape index (κ2) is 12.1. The average molecular weight is 631 g/mol. The van der Waals surface area contributed by atoms with Crippen LogP contribution in [0.4, 0.5) is 0 Å². The number of ether oxygens (including phenoxy) is 3. The Morgan fingerprint density at radius 3 is 1.87 bits per heavy atom. The van der Waals surface area contributed by atoms with Crippen molar-refractivity contribution in [2.45, 2.75) is 123 Å². The summed E-state index contributed by atoms with van der Waals surface area (Å²) in [7, 11) is 4.65. The third-order valence-corrected chi connectivity index (χ3v) is 14.1. The van der Waals surface area contributed by atoms with Crippen molar-refractivity contribution >= 4 is 17.9 Å². The highest BCUT2D eigenvalue weighted by molar-refractivity contribution is 5.67. The van der Waals surface area contributed by atoms with E-state index in [1.54, 1.807) is 13.8 Å². The zero-order valence-corrected chi connectivity index (χ0v) is 29.1. The van der Waals surface area contributed by atoms with Crippen molar-refractivity contribution in [3.63, 3.8) is 0 Å². The van der Waals surface area contributed by atoms with Crippen LogP contribution in [0, 0.1) is 34.5 Å². The lowest BCUT2D eigenvalue weighted by atomic mass is 9.43. The van der Waals surface area contributed by atoms with Gasteiger partial charge in [0, 0.05) is 52.4 Å². The number of piperidine rings is 1. The van der Waals surface area contributed by atoms with Crippen molar-refractivity contribution in [2.75, 3.05) is 53.4 Å². The van der Waals surface area contributed by atoms with Gasteiger partial charge in [0.15, 0.2) is 0 Å². The van der Waals surface area contributed by atoms with Crippen LogP contribution in [0.3, 0.4) is 0 Å². The second-order valence-corrected chi connectivity index (χ2v) is 16.9. The van der Waals surface area contributed by atoms with Crippen molar-refractivity contribution in [2.24, 2.45) is 34.5 Å². The van der Waals surface area contributed by atoms with E-state index in [0.29, 0.717) is 23.7 Å². The van der Waals surface area contributed by atoms with E-state index in [9.17, 15) is 14.4 Å². The molecule has 0 radical (unpaired) electrons. The number of rotatable bonds is 5. The minimum atomic E-state index is -0.378. The number of piperazine rings is 1. The van der Waals surface area contributed by atoms with Gasteiger partial charge in [-0.05, 0) is 93.3 Å². The number of carbonyl (C=O) groups is 3. The molecule has 9 nitrogen and oxygen atoms in total. The molecule has 6 fully saturated rings. The highest BCUT2D eigenvalue weighted by Crippen LogP contribution is 2.68. The molecule has 2 aliphatic heterocycles. The van der Waals surface area contributed by atoms with E-state index in [4.69, 9.17) is 14.2 Å². The highest BCUT2D eigenvalue weighted by atomic mass is 16.6. The second-order valence-electron chi connectivity index (χ2n) is 16.9. The quantitative estimate of drug-likeness (QED) is 0.247. The molecule has 0 aromatic carbocycles. The Kier molecular flexibility index (Phi) is 8.90. The third-order valence-electron chi connectivity index (χ3n) is 14.1. The summed E-state index contributed by atoms with van der Waals surface area (Å²) in [5.41, 5.74) is -0.191. The van der Waals surface area contributed by atoms with Crippen LogP contribution >= 0.6 is 0 Å². The fourth-order valence-electron chi connectivity index (χ4n) is 11.8. The number of hydrogen-bond acceptors (Lipinski definition) is 8. The van der Waals surface area contributed by atoms with Crippen LogP contribution in [-0.2, 0) is 28.6 Å². The first kappa shape index (κ1) is 33.2. The molecule has 6 aliphatic rings. The van der Waals surface area contributed by atoms with E-state index in [-0.39, 0.29) is 52.7 Å². The lowest BCUT2D eigenvalue weighted by Gasteiger charge is -2.68. The van der Waals surface area contributed by atoms with Gasteiger partial charge < -0.3 is 18.7 Å². The largest absolute Gasteiger partial charge is 0.462 e. The lowest BCUT2D eigenvalue weighted by Crippen LogP contribution is -2.76. The Bertz CT molecular complexity index is 1140. The van der Waals surface area contributed by atoms with Crippen LogP contribution in [-0.4, -0.2) is 110 Å². The molecule has 0 aromatic heterocycles. The molecule has 6 rings (SSSR count). The Morgan fingerprint density at radius 1 is 0.667 bits per heavy atom. The normalized spacial score (nSPS) is 43.8. The maximum atomic E-state index is 12.8. The van der Waals surface area contributed by atoms with Gasteiger partial charge in [-0.3, -0.25) is 24.2 Å². The summed E-state index contributed by atoms with van der Waals surface area (Å²) in [5.74, 6) is 1.83. The van der Waals surface area contributed by atoms with Gasteiger partial charge in [0.2, 0.25) is 0 Å². The summed E-state index contributed by atoms with van der Waals surface area (Å²) in [6.45, 7) is 15.4. The van der Waals surface area contributed by atoms with Gasteiger partial charge in [-0.2, -0.15) is 0 Å². The number of quaternary nitrogens is 1. The number of nitrogens with zero attached hydrogens (tertiary/aromatic N) is 3. The molecular weight excluding hydrogens is 570 g/mol. The van der Waals surface area contributed by atoms with Gasteiger partial charge in [0.05, 0.1) is 27.2 Å². The van der Waals surface area contributed by atoms with Crippen LogP contribution < -0.4 is 0 Å². The smallest absolute Gasteiger partial charge is 0.303 e. The molecule has 4 saturated carbocycles. The first-order chi connectivity index (χ1) is 21.2. The van der Waals surface area contributed by atoms with Crippen molar-refractivity contribution in [3.8, 4) is 0 Å². The molecule has 0 spiro atoms. The number of carbonyl (C=O) groups excluding carboxylic acids is 3. The number of hydrogen-bond donors (Lipinski definition) is 0. The lowest BCUT2D eigenvalue weighted by molar-refractivity contribution is -0.895. The minimum absolute atomic E-state index is 0.0404. The molecule has 4 aliphatic carbocycles. The SMILES string of the molecule is CC(=O)OC1CCN(C2(N3CC[N+](C)(C)CC3)C[C@@]3(C)C(CC[C@@H]4[C@H]3CC[C@]3(C)C(OC(C)=O)CC[C@@H]43)CC2OC(C)=O)CC1. The van der Waals surface area contributed by atoms with E-state index < -0.39 is 0 Å². The van der Waals surface area contributed by atoms with Gasteiger partial charge in [-0.15, -0.1) is 0 Å². The summed E-state index contributed by atoms with van der Waals surface area (Å²) < 4.78 is 19.1. The Balaban J connectivity index is 1.35. The summed E-state index contributed by atoms with van der Waals surface area (Å²) in [6, 6.07) is 0. The van der Waals surface area contributed by atoms with E-state index in [2.05, 4.69) is 37.7 Å². The molecule has 0 bridgehead atoms. The fraction of sp³-hybridized carbons (Fsp3) is 0.917. The zero-order valence-electron chi connectivity index (χ0n) is 29.1. The molecule has 9 heteroatoms. The van der Waals surface area contributed by atoms with Crippen LogP contribution in [0.2, 0.25) is 0 Å². The topological polar surface area (TPSA) is 85.4 Å². The van der Waals surface area contributed by atoms with Gasteiger partial charge in [0.25, 0.3) is 0 Å². The van der Waals surface area contributed by atoms with Crippen molar-refractivity contribution < 1.29 is 33.1 Å². The Hall–Kier alpha value is -1.71. The number of likely N-dealkylation sites (N-methyl/N-ethyl adjacent to an activating group) is 1. The molecule has 2 saturated heterocycles. The molecule has 0 amide bonds. The molecular formula is C36H60N3O6+. The van der Waals surface area contributed by atoms with Crippen molar-refractivity contribution in [3.05, 3.63) is 0 Å². The first-order valence-electron chi connectivity index (χ1n) is 18.0. The van der Waals surface area contributed by atoms with E-state index in [1.165, 1.54) is 26.2 Å². The van der Waals surface area contributed by atoms with Gasteiger partial charge in [-0.25, -0.2) is 0 Å². The standard InChI is InChI=1S/C36H60N3O6/c1-24(40)43-28-13-16-37(17-14-28)36(38-18-20-39(6,7)21-19-38)23-35(5)27(22-33(36)45-26(3)42)8-9-29-30-10-11-32(44-25(2)41)34(30,4)15-12-31(29)35/h27-33H,8-23H2,1-7H3/q+1/t27?,29-,30-,31+,32?,33?,34-,35-,36?/m0/s1. The summed E-state index contributed by atoms with van der Waals surface area (Å²) in [5, 5.41) is 0. The van der Waals surface area contributed by atoms with Crippen LogP contribution in [0.5, 0.6) is 0 Å². The minimum Gasteiger partial charge on any atom is -0.462 e. The molecule has 9 atom stereocenters. The molecule has 4 unspecified atom stereocenters. The van der Waals surface area contributed by atoms with Gasteiger partial charge in [0.1, 0.15) is 24.0 Å². The molecule has 0 aromatic rings. The van der Waals surface area contributed by atoms with Crippen molar-refractivity contribution in [1.29, 1.82) is 0 Å². The summed E-state index contributed by atoms with van der Waals surface area (Å²) in [4.78, 5) is 42.1. The summed E-state index contributed by atoms with van der Waals surface area (Å²) >= 11 is 0. The maximum absolute atomic E-state index is 12.8. The van der Waals surface area contributed by atoms with Crippen molar-refractivity contribution in [1.82, 2.24) is 9.80 Å². The Morgan fingerprint density at radius 2 is 1.24 bits per heavy atom. The number of likely N-dealkylation sites (tertiary alicyclic amines) is 1. The predicted molar refractivity (Wildman–Crippen MR) is 171 cm³/mol. The van der Waals surface area contributed by atoms with Crippen LogP contribution in [0.15, 0.2) is 0 Å². The van der Waals surface area contributed by atoms with Crippen LogP contribution in [0.1, 0.15) is 98.8 Å². The van der Waals surface area contributed by atoms with Gasteiger partial charge >= 0.3 is 17.9 Å². The maximum Gasteiger partial charge on any atom is 0.303 e. The first-order valence-corrected chi connectivity index (χ1v) is 18.0. The summed E-state index contributed by atoms with van der Waals surface area (Å²) in [6.07, 6.45) is 10.2. The average Bonchev–Trinajstić information content (AvgIpc) is 3.28. The predicted octanol–water partition coefficient (Wildman–Crippen LogP) is 4.62. The molecule has 45 heavy (non-hydrogen) atoms. The molecule has 2 heterocycles. The number of esters is 3. The number of fused-ring (bicyclic) bond motifs is 5. The van der Waals surface area contributed by atoms with E-state index in [0.717, 1.165) is 88.7 Å². The molecule has 0 N–H and O–H groups in total.